The quantitative estimate of drug-likeness (QED) is 0.561. The molecule has 1 aromatic carbocycles. The fraction of sp³-hybridized carbons (Fsp3) is 0.556. The summed E-state index contributed by atoms with van der Waals surface area (Å²) in [6.07, 6.45) is 3.46. The summed E-state index contributed by atoms with van der Waals surface area (Å²) in [4.78, 5) is 41.4. The highest BCUT2D eigenvalue weighted by Gasteiger charge is 2.32. The Hall–Kier alpha value is -3.20. The maximum absolute atomic E-state index is 12.4. The summed E-state index contributed by atoms with van der Waals surface area (Å²) in [6.45, 7) is 11.8. The lowest BCUT2D eigenvalue weighted by Crippen LogP contribution is -2.45. The van der Waals surface area contributed by atoms with Crippen LogP contribution in [0.25, 0.3) is 11.3 Å². The topological polar surface area (TPSA) is 126 Å². The minimum atomic E-state index is -0.689. The van der Waals surface area contributed by atoms with E-state index in [0.29, 0.717) is 12.0 Å². The standard InChI is InChI=1S/C27H38N4O5/c1-26(2,3)35-22(32)11-13-29-24(33)18-9-7-17(8-10-18)20-16-31-14-12-19(15-21(31)30-20)23(28)25(34)36-27(4,5)6/h7-10,16,19,23H,11-15,28H2,1-6H3,(H,29,33). The summed E-state index contributed by atoms with van der Waals surface area (Å²) < 4.78 is 12.8. The number of hydrogen-bond acceptors (Lipinski definition) is 7. The number of benzene rings is 1. The van der Waals surface area contributed by atoms with Crippen molar-refractivity contribution in [2.24, 2.45) is 11.7 Å². The number of fused-ring (bicyclic) bond motifs is 1. The van der Waals surface area contributed by atoms with Gasteiger partial charge >= 0.3 is 11.9 Å². The lowest BCUT2D eigenvalue weighted by Gasteiger charge is -2.29. The number of amides is 1. The van der Waals surface area contributed by atoms with Crippen molar-refractivity contribution in [2.75, 3.05) is 6.54 Å². The highest BCUT2D eigenvalue weighted by atomic mass is 16.6. The Morgan fingerprint density at radius 2 is 1.72 bits per heavy atom. The van der Waals surface area contributed by atoms with Gasteiger partial charge in [0, 0.05) is 36.8 Å². The summed E-state index contributed by atoms with van der Waals surface area (Å²) in [5.74, 6) is -0.143. The van der Waals surface area contributed by atoms with Gasteiger partial charge in [0.25, 0.3) is 5.91 Å². The third-order valence-electron chi connectivity index (χ3n) is 5.71. The highest BCUT2D eigenvalue weighted by molar-refractivity contribution is 5.94. The molecule has 1 amide bonds. The van der Waals surface area contributed by atoms with Gasteiger partial charge < -0.3 is 25.1 Å². The molecule has 0 fully saturated rings. The third-order valence-corrected chi connectivity index (χ3v) is 5.71. The van der Waals surface area contributed by atoms with Crippen molar-refractivity contribution in [1.29, 1.82) is 0 Å². The van der Waals surface area contributed by atoms with E-state index in [9.17, 15) is 14.4 Å². The van der Waals surface area contributed by atoms with Crippen LogP contribution in [-0.4, -0.2) is 51.2 Å². The SMILES string of the molecule is CC(C)(C)OC(=O)CCNC(=O)c1ccc(-c2cn3c(n2)CC(C(N)C(=O)OC(C)(C)C)CC3)cc1. The molecule has 9 nitrogen and oxygen atoms in total. The van der Waals surface area contributed by atoms with Gasteiger partial charge in [0.2, 0.25) is 0 Å². The molecule has 0 spiro atoms. The Morgan fingerprint density at radius 1 is 1.08 bits per heavy atom. The van der Waals surface area contributed by atoms with Crippen LogP contribution >= 0.6 is 0 Å². The molecule has 2 aromatic rings. The van der Waals surface area contributed by atoms with E-state index in [1.165, 1.54) is 0 Å². The van der Waals surface area contributed by atoms with E-state index in [1.54, 1.807) is 32.9 Å². The Labute approximate surface area is 212 Å². The predicted octanol–water partition coefficient (Wildman–Crippen LogP) is 3.24. The van der Waals surface area contributed by atoms with E-state index < -0.39 is 17.2 Å². The maximum Gasteiger partial charge on any atom is 0.323 e. The van der Waals surface area contributed by atoms with Crippen molar-refractivity contribution < 1.29 is 23.9 Å². The Balaban J connectivity index is 1.57. The fourth-order valence-corrected chi connectivity index (χ4v) is 4.03. The highest BCUT2D eigenvalue weighted by Crippen LogP contribution is 2.27. The second-order valence-electron chi connectivity index (χ2n) is 11.2. The van der Waals surface area contributed by atoms with Gasteiger partial charge in [-0.05, 0) is 66.0 Å². The molecule has 1 aliphatic heterocycles. The molecule has 9 heteroatoms. The molecule has 3 rings (SSSR count). The van der Waals surface area contributed by atoms with Crippen LogP contribution in [0.3, 0.4) is 0 Å². The molecule has 0 radical (unpaired) electrons. The maximum atomic E-state index is 12.4. The average molecular weight is 499 g/mol. The van der Waals surface area contributed by atoms with Crippen LogP contribution in [0.5, 0.6) is 0 Å². The first kappa shape index (κ1) is 27.4. The van der Waals surface area contributed by atoms with Crippen LogP contribution in [0.15, 0.2) is 30.5 Å². The molecule has 196 valence electrons. The Morgan fingerprint density at radius 3 is 2.33 bits per heavy atom. The molecule has 2 heterocycles. The summed E-state index contributed by atoms with van der Waals surface area (Å²) >= 11 is 0. The monoisotopic (exact) mass is 498 g/mol. The molecule has 2 unspecified atom stereocenters. The average Bonchev–Trinajstić information content (AvgIpc) is 3.19. The van der Waals surface area contributed by atoms with E-state index in [-0.39, 0.29) is 36.7 Å². The van der Waals surface area contributed by atoms with Crippen LogP contribution in [-0.2, 0) is 32.0 Å². The molecule has 0 saturated heterocycles. The zero-order chi connectivity index (χ0) is 26.7. The van der Waals surface area contributed by atoms with Gasteiger partial charge in [0.05, 0.1) is 12.1 Å². The summed E-state index contributed by atoms with van der Waals surface area (Å²) in [6, 6.07) is 6.48. The number of carbonyl (C=O) groups excluding carboxylic acids is 3. The van der Waals surface area contributed by atoms with Crippen LogP contribution < -0.4 is 11.1 Å². The number of aromatic nitrogens is 2. The zero-order valence-electron chi connectivity index (χ0n) is 22.1. The number of hydrogen-bond donors (Lipinski definition) is 2. The van der Waals surface area contributed by atoms with Gasteiger partial charge in [-0.25, -0.2) is 4.98 Å². The van der Waals surface area contributed by atoms with E-state index in [2.05, 4.69) is 9.88 Å². The molecule has 36 heavy (non-hydrogen) atoms. The fourth-order valence-electron chi connectivity index (χ4n) is 4.03. The van der Waals surface area contributed by atoms with Gasteiger partial charge in [-0.2, -0.15) is 0 Å². The molecular weight excluding hydrogens is 460 g/mol. The minimum Gasteiger partial charge on any atom is -0.460 e. The number of imidazole rings is 1. The van der Waals surface area contributed by atoms with Crippen molar-refractivity contribution in [1.82, 2.24) is 14.9 Å². The van der Waals surface area contributed by atoms with Crippen molar-refractivity contribution in [3.8, 4) is 11.3 Å². The number of ether oxygens (including phenoxy) is 2. The Kier molecular flexibility index (Phi) is 8.23. The van der Waals surface area contributed by atoms with Gasteiger partial charge in [-0.1, -0.05) is 12.1 Å². The number of carbonyl (C=O) groups is 3. The molecule has 1 aromatic heterocycles. The number of nitrogens with one attached hydrogen (secondary N) is 1. The lowest BCUT2D eigenvalue weighted by molar-refractivity contribution is -0.158. The van der Waals surface area contributed by atoms with Crippen molar-refractivity contribution in [3.05, 3.63) is 41.9 Å². The normalized spacial score (nSPS) is 16.6. The second kappa shape index (κ2) is 10.8. The largest absolute Gasteiger partial charge is 0.460 e. The molecule has 1 aliphatic rings. The number of rotatable bonds is 7. The summed E-state index contributed by atoms with van der Waals surface area (Å²) in [5, 5.41) is 2.74. The molecule has 3 N–H and O–H groups in total. The van der Waals surface area contributed by atoms with Crippen LogP contribution in [0, 0.1) is 5.92 Å². The van der Waals surface area contributed by atoms with Gasteiger partial charge in [0.15, 0.2) is 0 Å². The third kappa shape index (κ3) is 7.65. The smallest absolute Gasteiger partial charge is 0.323 e. The van der Waals surface area contributed by atoms with Gasteiger partial charge in [0.1, 0.15) is 23.1 Å². The predicted molar refractivity (Wildman–Crippen MR) is 136 cm³/mol. The van der Waals surface area contributed by atoms with Crippen molar-refractivity contribution in [2.45, 2.75) is 84.6 Å². The van der Waals surface area contributed by atoms with E-state index >= 15 is 0 Å². The Bertz CT molecular complexity index is 1090. The van der Waals surface area contributed by atoms with E-state index in [1.807, 2.05) is 39.1 Å². The molecule has 2 atom stereocenters. The number of esters is 2. The number of nitrogens with two attached hydrogens (primary N) is 1. The van der Waals surface area contributed by atoms with Gasteiger partial charge in [-0.15, -0.1) is 0 Å². The zero-order valence-corrected chi connectivity index (χ0v) is 22.1. The lowest BCUT2D eigenvalue weighted by atomic mass is 9.90. The van der Waals surface area contributed by atoms with Crippen LogP contribution in [0.1, 0.15) is 70.6 Å². The van der Waals surface area contributed by atoms with Crippen LogP contribution in [0.4, 0.5) is 0 Å². The van der Waals surface area contributed by atoms with E-state index in [4.69, 9.17) is 20.2 Å². The van der Waals surface area contributed by atoms with Crippen molar-refractivity contribution >= 4 is 17.8 Å². The van der Waals surface area contributed by atoms with Crippen LogP contribution in [0.2, 0.25) is 0 Å². The first-order valence-corrected chi connectivity index (χ1v) is 12.4. The molecule has 0 bridgehead atoms. The van der Waals surface area contributed by atoms with E-state index in [0.717, 1.165) is 30.0 Å². The summed E-state index contributed by atoms with van der Waals surface area (Å²) in [7, 11) is 0. The second-order valence-corrected chi connectivity index (χ2v) is 11.2. The first-order chi connectivity index (χ1) is 16.7. The number of nitrogens with zero attached hydrogens (tertiary/aromatic N) is 2. The molecule has 0 aliphatic carbocycles. The van der Waals surface area contributed by atoms with Gasteiger partial charge in [-0.3, -0.25) is 14.4 Å². The minimum absolute atomic E-state index is 0.0330. The first-order valence-electron chi connectivity index (χ1n) is 12.4. The summed E-state index contributed by atoms with van der Waals surface area (Å²) in [5.41, 5.74) is 7.28. The number of aryl methyl sites for hydroxylation is 1. The van der Waals surface area contributed by atoms with Crippen molar-refractivity contribution in [3.63, 3.8) is 0 Å². The molecule has 0 saturated carbocycles. The molecular formula is C27H38N4O5.